The summed E-state index contributed by atoms with van der Waals surface area (Å²) in [5.74, 6) is -0.163. The van der Waals surface area contributed by atoms with Crippen molar-refractivity contribution in [1.82, 2.24) is 19.5 Å². The highest BCUT2D eigenvalue weighted by Gasteiger charge is 2.26. The summed E-state index contributed by atoms with van der Waals surface area (Å²) in [6.45, 7) is 2.23. The number of H-pyrrole nitrogens is 1. The third-order valence-electron chi connectivity index (χ3n) is 4.57. The van der Waals surface area contributed by atoms with Gasteiger partial charge in [0.25, 0.3) is 5.56 Å². The first-order valence-electron chi connectivity index (χ1n) is 10.1. The Hall–Kier alpha value is -2.85. The van der Waals surface area contributed by atoms with E-state index in [-0.39, 0.29) is 56.3 Å². The zero-order chi connectivity index (χ0) is 23.0. The fourth-order valence-corrected chi connectivity index (χ4v) is 4.13. The van der Waals surface area contributed by atoms with Gasteiger partial charge < -0.3 is 24.1 Å². The number of aromatic nitrogens is 4. The maximum Gasteiger partial charge on any atom is 0.333 e. The number of aromatic amines is 1. The summed E-state index contributed by atoms with van der Waals surface area (Å²) < 4.78 is 31.3. The molecule has 3 N–H and O–H groups in total. The molecule has 0 radical (unpaired) electrons. The lowest BCUT2D eigenvalue weighted by Gasteiger charge is -2.18. The van der Waals surface area contributed by atoms with Gasteiger partial charge in [0.05, 0.1) is 32.3 Å². The van der Waals surface area contributed by atoms with E-state index in [4.69, 9.17) is 19.5 Å². The molecule has 11 nitrogen and oxygen atoms in total. The number of nitrogens with two attached hydrogens (primary N) is 1. The van der Waals surface area contributed by atoms with Gasteiger partial charge in [-0.05, 0) is 5.56 Å². The van der Waals surface area contributed by atoms with Crippen molar-refractivity contribution in [3.63, 3.8) is 0 Å². The fourth-order valence-electron chi connectivity index (χ4n) is 2.76. The summed E-state index contributed by atoms with van der Waals surface area (Å²) in [4.78, 5) is 33.9. The van der Waals surface area contributed by atoms with Crippen molar-refractivity contribution in [2.45, 2.75) is 26.5 Å². The molecule has 1 atom stereocenters. The molecule has 12 heteroatoms. The van der Waals surface area contributed by atoms with Crippen molar-refractivity contribution in [3.8, 4) is 0 Å². The number of fused-ring (bicyclic) bond motifs is 1. The van der Waals surface area contributed by atoms with E-state index in [9.17, 15) is 14.2 Å². The molecule has 0 saturated carbocycles. The number of rotatable bonds is 13. The van der Waals surface area contributed by atoms with E-state index in [1.54, 1.807) is 11.5 Å². The predicted octanol–water partition coefficient (Wildman–Crippen LogP) is 2.12. The molecular weight excluding hydrogens is 437 g/mol. The topological polar surface area (TPSA) is 151 Å². The molecule has 0 spiro atoms. The zero-order valence-electron chi connectivity index (χ0n) is 17.7. The van der Waals surface area contributed by atoms with Crippen LogP contribution in [0.2, 0.25) is 0 Å². The maximum atomic E-state index is 13.1. The summed E-state index contributed by atoms with van der Waals surface area (Å²) in [7, 11) is -3.54. The normalized spacial score (nSPS) is 13.3. The second kappa shape index (κ2) is 11.1. The van der Waals surface area contributed by atoms with Crippen LogP contribution in [0.25, 0.3) is 11.2 Å². The highest BCUT2D eigenvalue weighted by Crippen LogP contribution is 2.48. The molecule has 0 bridgehead atoms. The van der Waals surface area contributed by atoms with Crippen LogP contribution in [-0.2, 0) is 36.3 Å². The van der Waals surface area contributed by atoms with E-state index in [2.05, 4.69) is 15.0 Å². The summed E-state index contributed by atoms with van der Waals surface area (Å²) in [5, 5.41) is 0. The Labute approximate surface area is 184 Å². The second-order valence-electron chi connectivity index (χ2n) is 6.93. The minimum Gasteiger partial charge on any atom is -0.379 e. The molecular formula is C20H26N5O6P. The number of imidazole rings is 1. The standard InChI is InChI=1S/C20H26N5O6P/c1-2-16(26)13-31-32(28,30-12-15-6-4-3-5-7-15)11-10-29-9-8-25-14-22-17-18(25)23-20(21)24-19(17)27/h3-7,14H,2,8-13H2,1H3,(H3,21,23,24,27). The van der Waals surface area contributed by atoms with E-state index in [0.29, 0.717) is 12.2 Å². The molecule has 1 unspecified atom stereocenters. The summed E-state index contributed by atoms with van der Waals surface area (Å²) in [6, 6.07) is 9.27. The van der Waals surface area contributed by atoms with Gasteiger partial charge in [0, 0.05) is 13.0 Å². The number of hydrogen-bond donors (Lipinski definition) is 2. The number of benzene rings is 1. The van der Waals surface area contributed by atoms with Gasteiger partial charge in [0.15, 0.2) is 16.9 Å². The number of ether oxygens (including phenoxy) is 1. The van der Waals surface area contributed by atoms with Crippen molar-refractivity contribution < 1.29 is 23.1 Å². The van der Waals surface area contributed by atoms with E-state index in [1.807, 2.05) is 30.3 Å². The van der Waals surface area contributed by atoms with E-state index >= 15 is 0 Å². The average molecular weight is 463 g/mol. The summed E-state index contributed by atoms with van der Waals surface area (Å²) >= 11 is 0. The Morgan fingerprint density at radius 1 is 1.22 bits per heavy atom. The van der Waals surface area contributed by atoms with Crippen LogP contribution >= 0.6 is 7.60 Å². The molecule has 0 aliphatic heterocycles. The molecule has 0 amide bonds. The predicted molar refractivity (Wildman–Crippen MR) is 118 cm³/mol. The van der Waals surface area contributed by atoms with Crippen LogP contribution in [0.3, 0.4) is 0 Å². The second-order valence-corrected chi connectivity index (χ2v) is 9.12. The van der Waals surface area contributed by atoms with Gasteiger partial charge in [0.1, 0.15) is 6.61 Å². The number of anilines is 1. The lowest BCUT2D eigenvalue weighted by molar-refractivity contribution is -0.121. The van der Waals surface area contributed by atoms with E-state index in [0.717, 1.165) is 5.56 Å². The number of hydrogen-bond acceptors (Lipinski definition) is 9. The van der Waals surface area contributed by atoms with Gasteiger partial charge in [-0.25, -0.2) is 4.98 Å². The monoisotopic (exact) mass is 463 g/mol. The maximum absolute atomic E-state index is 13.1. The van der Waals surface area contributed by atoms with Crippen molar-refractivity contribution >= 4 is 30.5 Å². The number of nitrogen functional groups attached to an aromatic ring is 1. The van der Waals surface area contributed by atoms with Gasteiger partial charge in [-0.2, -0.15) is 4.98 Å². The lowest BCUT2D eigenvalue weighted by atomic mass is 10.2. The Kier molecular flexibility index (Phi) is 8.29. The van der Waals surface area contributed by atoms with Crippen molar-refractivity contribution in [2.24, 2.45) is 0 Å². The number of carbonyl (C=O) groups is 1. The quantitative estimate of drug-likeness (QED) is 0.287. The first-order chi connectivity index (χ1) is 15.4. The zero-order valence-corrected chi connectivity index (χ0v) is 18.6. The Morgan fingerprint density at radius 3 is 2.75 bits per heavy atom. The number of nitrogens with zero attached hydrogens (tertiary/aromatic N) is 3. The smallest absolute Gasteiger partial charge is 0.333 e. The number of ketones is 1. The molecule has 0 aliphatic carbocycles. The first kappa shape index (κ1) is 23.8. The number of Topliss-reactive ketones (excluding diaryl/α,β-unsaturated/α-hetero) is 1. The molecule has 0 saturated heterocycles. The molecule has 2 aromatic heterocycles. The highest BCUT2D eigenvalue weighted by molar-refractivity contribution is 7.53. The summed E-state index contributed by atoms with van der Waals surface area (Å²) in [5.41, 5.74) is 6.55. The molecule has 0 fully saturated rings. The van der Waals surface area contributed by atoms with Gasteiger partial charge in [-0.1, -0.05) is 37.3 Å². The van der Waals surface area contributed by atoms with Crippen LogP contribution in [0.5, 0.6) is 0 Å². The third-order valence-corrected chi connectivity index (χ3v) is 6.34. The molecule has 2 heterocycles. The van der Waals surface area contributed by atoms with Crippen LogP contribution in [0.1, 0.15) is 18.9 Å². The lowest BCUT2D eigenvalue weighted by Crippen LogP contribution is -2.14. The first-order valence-corrected chi connectivity index (χ1v) is 11.8. The van der Waals surface area contributed by atoms with Crippen LogP contribution < -0.4 is 11.3 Å². The molecule has 1 aromatic carbocycles. The van der Waals surface area contributed by atoms with E-state index in [1.165, 1.54) is 6.33 Å². The average Bonchev–Trinajstić information content (AvgIpc) is 3.20. The van der Waals surface area contributed by atoms with Crippen molar-refractivity contribution in [3.05, 3.63) is 52.6 Å². The van der Waals surface area contributed by atoms with Crippen molar-refractivity contribution in [1.29, 1.82) is 0 Å². The number of carbonyl (C=O) groups excluding carboxylic acids is 1. The largest absolute Gasteiger partial charge is 0.379 e. The number of nitrogens with one attached hydrogen (secondary N) is 1. The Balaban J connectivity index is 1.53. The Morgan fingerprint density at radius 2 is 2.00 bits per heavy atom. The third kappa shape index (κ3) is 6.57. The van der Waals surface area contributed by atoms with Crippen LogP contribution in [-0.4, -0.2) is 51.3 Å². The van der Waals surface area contributed by atoms with Crippen molar-refractivity contribution in [2.75, 3.05) is 31.7 Å². The minimum absolute atomic E-state index is 0.000414. The molecule has 172 valence electrons. The molecule has 3 aromatic rings. The minimum atomic E-state index is -3.54. The SMILES string of the molecule is CCC(=O)COP(=O)(CCOCCn1cnc2c(=O)[nH]c(N)nc21)OCc1ccccc1. The summed E-state index contributed by atoms with van der Waals surface area (Å²) in [6.07, 6.45) is 1.75. The van der Waals surface area contributed by atoms with E-state index < -0.39 is 13.2 Å². The van der Waals surface area contributed by atoms with Gasteiger partial charge in [-0.15, -0.1) is 0 Å². The Bertz CT molecular complexity index is 1150. The van der Waals surface area contributed by atoms with Crippen LogP contribution in [0, 0.1) is 0 Å². The molecule has 3 rings (SSSR count). The highest BCUT2D eigenvalue weighted by atomic mass is 31.2. The van der Waals surface area contributed by atoms with Crippen LogP contribution in [0.15, 0.2) is 41.5 Å². The van der Waals surface area contributed by atoms with Gasteiger partial charge in [-0.3, -0.25) is 19.1 Å². The molecule has 32 heavy (non-hydrogen) atoms. The molecule has 0 aliphatic rings. The fraction of sp³-hybridized carbons (Fsp3) is 0.400. The van der Waals surface area contributed by atoms with Gasteiger partial charge in [0.2, 0.25) is 5.95 Å². The van der Waals surface area contributed by atoms with Crippen LogP contribution in [0.4, 0.5) is 5.95 Å². The van der Waals surface area contributed by atoms with Gasteiger partial charge >= 0.3 is 7.60 Å².